The Labute approximate surface area is 124 Å². The number of hydrogen-bond acceptors (Lipinski definition) is 6. The van der Waals surface area contributed by atoms with Gasteiger partial charge in [-0.15, -0.1) is 0 Å². The number of pyridine rings is 1. The Balaban J connectivity index is 1.84. The molecule has 2 aliphatic heterocycles. The third kappa shape index (κ3) is 2.92. The summed E-state index contributed by atoms with van der Waals surface area (Å²) in [5.41, 5.74) is 0.102. The predicted molar refractivity (Wildman–Crippen MR) is 81.9 cm³/mol. The lowest BCUT2D eigenvalue weighted by Crippen LogP contribution is -2.50. The molecule has 2 aliphatic rings. The summed E-state index contributed by atoms with van der Waals surface area (Å²) in [6.07, 6.45) is 2.47. The van der Waals surface area contributed by atoms with Gasteiger partial charge in [0.1, 0.15) is 11.6 Å². The second kappa shape index (κ2) is 5.85. The molecule has 0 spiro atoms. The van der Waals surface area contributed by atoms with Gasteiger partial charge in [0.2, 0.25) is 0 Å². The number of anilines is 2. The summed E-state index contributed by atoms with van der Waals surface area (Å²) in [7, 11) is 0. The van der Waals surface area contributed by atoms with Crippen molar-refractivity contribution < 1.29 is 4.92 Å². The van der Waals surface area contributed by atoms with Crippen LogP contribution in [0.1, 0.15) is 19.8 Å². The highest BCUT2D eigenvalue weighted by Crippen LogP contribution is 2.28. The monoisotopic (exact) mass is 291 g/mol. The molecule has 1 atom stereocenters. The van der Waals surface area contributed by atoms with Crippen molar-refractivity contribution in [3.8, 4) is 0 Å². The number of hydrogen-bond donors (Lipinski definition) is 1. The topological polar surface area (TPSA) is 74.5 Å². The number of nitrogens with zero attached hydrogens (tertiary/aromatic N) is 4. The molecular formula is C14H21N5O2. The van der Waals surface area contributed by atoms with Crippen LogP contribution in [0.3, 0.4) is 0 Å². The van der Waals surface area contributed by atoms with Crippen LogP contribution < -0.4 is 10.2 Å². The fraction of sp³-hybridized carbons (Fsp3) is 0.643. The first-order valence-corrected chi connectivity index (χ1v) is 7.56. The summed E-state index contributed by atoms with van der Waals surface area (Å²) >= 11 is 0. The van der Waals surface area contributed by atoms with E-state index in [-0.39, 0.29) is 10.6 Å². The summed E-state index contributed by atoms with van der Waals surface area (Å²) in [4.78, 5) is 20.0. The molecule has 1 aromatic heterocycles. The molecule has 0 aromatic carbocycles. The van der Waals surface area contributed by atoms with Crippen molar-refractivity contribution in [3.05, 3.63) is 22.2 Å². The molecule has 1 aromatic rings. The van der Waals surface area contributed by atoms with Crippen molar-refractivity contribution in [2.24, 2.45) is 0 Å². The van der Waals surface area contributed by atoms with E-state index in [1.807, 2.05) is 6.92 Å². The first-order chi connectivity index (χ1) is 10.2. The Morgan fingerprint density at radius 3 is 3.05 bits per heavy atom. The minimum absolute atomic E-state index is 0.102. The van der Waals surface area contributed by atoms with Gasteiger partial charge in [-0.05, 0) is 26.3 Å². The molecule has 7 nitrogen and oxygen atoms in total. The van der Waals surface area contributed by atoms with Gasteiger partial charge in [-0.25, -0.2) is 4.98 Å². The highest BCUT2D eigenvalue weighted by atomic mass is 16.6. The van der Waals surface area contributed by atoms with E-state index in [1.54, 1.807) is 6.07 Å². The van der Waals surface area contributed by atoms with Gasteiger partial charge < -0.3 is 10.2 Å². The van der Waals surface area contributed by atoms with Crippen LogP contribution in [0, 0.1) is 10.1 Å². The fourth-order valence-electron chi connectivity index (χ4n) is 3.24. The molecule has 0 aliphatic carbocycles. The summed E-state index contributed by atoms with van der Waals surface area (Å²) in [5.74, 6) is 1.29. The number of piperazine rings is 1. The zero-order chi connectivity index (χ0) is 14.8. The smallest absolute Gasteiger partial charge is 0.276 e. The quantitative estimate of drug-likeness (QED) is 0.672. The second-order valence-corrected chi connectivity index (χ2v) is 5.63. The number of rotatable bonds is 4. The molecule has 0 saturated carbocycles. The van der Waals surface area contributed by atoms with Crippen LogP contribution in [-0.2, 0) is 0 Å². The zero-order valence-corrected chi connectivity index (χ0v) is 12.3. The van der Waals surface area contributed by atoms with Crippen LogP contribution in [-0.4, -0.2) is 53.6 Å². The molecule has 2 saturated heterocycles. The van der Waals surface area contributed by atoms with E-state index >= 15 is 0 Å². The maximum atomic E-state index is 11.1. The third-order valence-corrected chi connectivity index (χ3v) is 4.28. The van der Waals surface area contributed by atoms with Crippen LogP contribution in [0.4, 0.5) is 17.3 Å². The third-order valence-electron chi connectivity index (χ3n) is 4.28. The first-order valence-electron chi connectivity index (χ1n) is 7.56. The van der Waals surface area contributed by atoms with Gasteiger partial charge >= 0.3 is 0 Å². The van der Waals surface area contributed by atoms with Gasteiger partial charge in [0.05, 0.1) is 17.1 Å². The average Bonchev–Trinajstić information content (AvgIpc) is 2.94. The lowest BCUT2D eigenvalue weighted by atomic mass is 10.1. The Hall–Kier alpha value is -1.89. The predicted octanol–water partition coefficient (Wildman–Crippen LogP) is 1.71. The van der Waals surface area contributed by atoms with E-state index < -0.39 is 0 Å². The molecule has 21 heavy (non-hydrogen) atoms. The minimum atomic E-state index is -0.349. The summed E-state index contributed by atoms with van der Waals surface area (Å²) < 4.78 is 0. The molecule has 0 radical (unpaired) electrons. The minimum Gasteiger partial charge on any atom is -0.370 e. The molecule has 0 bridgehead atoms. The van der Waals surface area contributed by atoms with E-state index in [1.165, 1.54) is 25.5 Å². The Bertz CT molecular complexity index is 536. The molecular weight excluding hydrogens is 270 g/mol. The van der Waals surface area contributed by atoms with Crippen LogP contribution in [0.5, 0.6) is 0 Å². The molecule has 0 amide bonds. The molecule has 2 fully saturated rings. The van der Waals surface area contributed by atoms with Gasteiger partial charge in [-0.1, -0.05) is 0 Å². The van der Waals surface area contributed by atoms with E-state index in [2.05, 4.69) is 20.1 Å². The first kappa shape index (κ1) is 14.1. The second-order valence-electron chi connectivity index (χ2n) is 5.63. The van der Waals surface area contributed by atoms with Gasteiger partial charge in [0.15, 0.2) is 0 Å². The maximum absolute atomic E-state index is 11.1. The van der Waals surface area contributed by atoms with Gasteiger partial charge in [-0.3, -0.25) is 15.0 Å². The van der Waals surface area contributed by atoms with E-state index in [0.29, 0.717) is 24.2 Å². The maximum Gasteiger partial charge on any atom is 0.276 e. The van der Waals surface area contributed by atoms with Crippen molar-refractivity contribution in [1.29, 1.82) is 0 Å². The standard InChI is InChI=1S/C14H21N5O2/c1-2-15-13-8-12(19(20)21)9-14(16-13)18-7-6-17-5-3-4-11(17)10-18/h8-9,11H,2-7,10H2,1H3,(H,15,16). The Morgan fingerprint density at radius 1 is 1.43 bits per heavy atom. The van der Waals surface area contributed by atoms with Crippen LogP contribution in [0.2, 0.25) is 0 Å². The molecule has 3 rings (SSSR count). The highest BCUT2D eigenvalue weighted by molar-refractivity contribution is 5.56. The summed E-state index contributed by atoms with van der Waals surface area (Å²) in [6.45, 7) is 6.66. The number of nitro groups is 1. The van der Waals surface area contributed by atoms with Gasteiger partial charge in [0.25, 0.3) is 5.69 Å². The SMILES string of the molecule is CCNc1cc([N+](=O)[O-])cc(N2CCN3CCCC3C2)n1. The Kier molecular flexibility index (Phi) is 3.92. The molecule has 1 N–H and O–H groups in total. The molecule has 3 heterocycles. The van der Waals surface area contributed by atoms with Crippen LogP contribution in [0.25, 0.3) is 0 Å². The van der Waals surface area contributed by atoms with E-state index in [0.717, 1.165) is 19.6 Å². The normalized spacial score (nSPS) is 22.1. The van der Waals surface area contributed by atoms with Crippen molar-refractivity contribution in [2.45, 2.75) is 25.8 Å². The molecule has 7 heteroatoms. The molecule has 114 valence electrons. The van der Waals surface area contributed by atoms with Gasteiger partial charge in [0, 0.05) is 32.2 Å². The number of fused-ring (bicyclic) bond motifs is 1. The highest BCUT2D eigenvalue weighted by Gasteiger charge is 2.31. The van der Waals surface area contributed by atoms with Crippen LogP contribution >= 0.6 is 0 Å². The van der Waals surface area contributed by atoms with E-state index in [9.17, 15) is 10.1 Å². The average molecular weight is 291 g/mol. The van der Waals surface area contributed by atoms with Crippen LogP contribution in [0.15, 0.2) is 12.1 Å². The number of nitrogens with one attached hydrogen (secondary N) is 1. The zero-order valence-electron chi connectivity index (χ0n) is 12.3. The summed E-state index contributed by atoms with van der Waals surface area (Å²) in [5, 5.41) is 14.2. The fourth-order valence-corrected chi connectivity index (χ4v) is 3.24. The van der Waals surface area contributed by atoms with Crippen molar-refractivity contribution in [3.63, 3.8) is 0 Å². The van der Waals surface area contributed by atoms with Crippen molar-refractivity contribution >= 4 is 17.3 Å². The van der Waals surface area contributed by atoms with Crippen molar-refractivity contribution in [2.75, 3.05) is 42.9 Å². The Morgan fingerprint density at radius 2 is 2.29 bits per heavy atom. The number of aromatic nitrogens is 1. The van der Waals surface area contributed by atoms with Gasteiger partial charge in [-0.2, -0.15) is 0 Å². The summed E-state index contributed by atoms with van der Waals surface area (Å²) in [6, 6.07) is 3.66. The lowest BCUT2D eigenvalue weighted by molar-refractivity contribution is -0.384. The molecule has 1 unspecified atom stereocenters. The lowest BCUT2D eigenvalue weighted by Gasteiger charge is -2.38. The van der Waals surface area contributed by atoms with Crippen molar-refractivity contribution in [1.82, 2.24) is 9.88 Å². The largest absolute Gasteiger partial charge is 0.370 e. The van der Waals surface area contributed by atoms with E-state index in [4.69, 9.17) is 0 Å².